The molecule has 0 spiro atoms. The summed E-state index contributed by atoms with van der Waals surface area (Å²) in [4.78, 5) is 0. The van der Waals surface area contributed by atoms with Gasteiger partial charge in [-0.05, 0) is 13.8 Å². The SMILES string of the molecule is N#CCCCP=S. The van der Waals surface area contributed by atoms with E-state index in [-0.39, 0.29) is 0 Å². The smallest absolute Gasteiger partial charge is 0.0621 e. The van der Waals surface area contributed by atoms with E-state index in [1.165, 1.54) is 0 Å². The van der Waals surface area contributed by atoms with Crippen molar-refractivity contribution in [1.29, 1.82) is 5.26 Å². The summed E-state index contributed by atoms with van der Waals surface area (Å²) >= 11 is 4.63. The molecule has 0 saturated heterocycles. The van der Waals surface area contributed by atoms with Gasteiger partial charge < -0.3 is 0 Å². The molecule has 0 bridgehead atoms. The van der Waals surface area contributed by atoms with Crippen LogP contribution in [-0.2, 0) is 11.8 Å². The zero-order valence-corrected chi connectivity index (χ0v) is 5.63. The molecule has 0 fully saturated rings. The second-order valence-electron chi connectivity index (χ2n) is 1.11. The first-order valence-electron chi connectivity index (χ1n) is 2.08. The predicted molar refractivity (Wildman–Crippen MR) is 34.0 cm³/mol. The van der Waals surface area contributed by atoms with Gasteiger partial charge in [0, 0.05) is 12.6 Å². The van der Waals surface area contributed by atoms with Crippen LogP contribution in [0.4, 0.5) is 0 Å². The molecular weight excluding hydrogens is 125 g/mol. The molecular formula is C4H6NPS. The van der Waals surface area contributed by atoms with Crippen molar-refractivity contribution in [3.05, 3.63) is 0 Å². The first-order valence-corrected chi connectivity index (χ1v) is 4.17. The number of unbranched alkanes of at least 4 members (excludes halogenated alkanes) is 1. The van der Waals surface area contributed by atoms with Gasteiger partial charge in [0.05, 0.1) is 6.07 Å². The Labute approximate surface area is 50.2 Å². The second kappa shape index (κ2) is 6.01. The lowest BCUT2D eigenvalue weighted by Gasteiger charge is -1.78. The largest absolute Gasteiger partial charge is 0.198 e. The minimum atomic E-state index is 0.656. The molecule has 0 amide bonds. The average molecular weight is 131 g/mol. The van der Waals surface area contributed by atoms with E-state index >= 15 is 0 Å². The Balaban J connectivity index is 2.72. The number of hydrogen-bond acceptors (Lipinski definition) is 2. The van der Waals surface area contributed by atoms with Crippen LogP contribution < -0.4 is 0 Å². The molecule has 0 aromatic heterocycles. The fourth-order valence-corrected chi connectivity index (χ4v) is 0.897. The van der Waals surface area contributed by atoms with E-state index in [1.54, 1.807) is 0 Å². The number of nitriles is 1. The Hall–Kier alpha value is 0.01000. The average Bonchev–Trinajstić information content (AvgIpc) is 1.69. The van der Waals surface area contributed by atoms with Crippen molar-refractivity contribution in [3.63, 3.8) is 0 Å². The predicted octanol–water partition coefficient (Wildman–Crippen LogP) is 1.70. The summed E-state index contributed by atoms with van der Waals surface area (Å²) in [5.41, 5.74) is 0. The number of nitrogens with zero attached hydrogens (tertiary/aromatic N) is 1. The third kappa shape index (κ3) is 6.01. The van der Waals surface area contributed by atoms with Crippen molar-refractivity contribution >= 4 is 19.2 Å². The van der Waals surface area contributed by atoms with Gasteiger partial charge in [-0.15, -0.1) is 0 Å². The lowest BCUT2D eigenvalue weighted by Crippen LogP contribution is -1.68. The van der Waals surface area contributed by atoms with Crippen molar-refractivity contribution in [1.82, 2.24) is 0 Å². The Morgan fingerprint density at radius 2 is 2.43 bits per heavy atom. The molecule has 0 atom stereocenters. The van der Waals surface area contributed by atoms with Gasteiger partial charge in [-0.3, -0.25) is 0 Å². The highest BCUT2D eigenvalue weighted by Gasteiger charge is 1.78. The van der Waals surface area contributed by atoms with Crippen molar-refractivity contribution in [2.75, 3.05) is 6.16 Å². The first kappa shape index (κ1) is 7.01. The fraction of sp³-hybridized carbons (Fsp3) is 0.750. The third-order valence-corrected chi connectivity index (χ3v) is 1.58. The molecule has 0 unspecified atom stereocenters. The highest BCUT2D eigenvalue weighted by atomic mass is 32.4. The minimum absolute atomic E-state index is 0.656. The van der Waals surface area contributed by atoms with E-state index in [1.807, 2.05) is 0 Å². The van der Waals surface area contributed by atoms with E-state index in [4.69, 9.17) is 5.26 Å². The summed E-state index contributed by atoms with van der Waals surface area (Å²) in [7, 11) is 0.987. The normalized spacial score (nSPS) is 8.43. The summed E-state index contributed by atoms with van der Waals surface area (Å²) in [6.45, 7) is 0. The summed E-state index contributed by atoms with van der Waals surface area (Å²) in [6, 6.07) is 2.05. The topological polar surface area (TPSA) is 23.8 Å². The summed E-state index contributed by atoms with van der Waals surface area (Å²) in [6.07, 6.45) is 2.61. The van der Waals surface area contributed by atoms with Gasteiger partial charge >= 0.3 is 0 Å². The van der Waals surface area contributed by atoms with Crippen LogP contribution in [0.1, 0.15) is 12.8 Å². The second-order valence-corrected chi connectivity index (χ2v) is 2.59. The standard InChI is InChI=1S/C4H6NPS/c5-3-1-2-4-6-7/h1-2,4H2. The highest BCUT2D eigenvalue weighted by molar-refractivity contribution is 7.96. The van der Waals surface area contributed by atoms with Crippen LogP contribution in [0.25, 0.3) is 0 Å². The summed E-state index contributed by atoms with van der Waals surface area (Å²) in [5, 5.41) is 8.01. The lowest BCUT2D eigenvalue weighted by atomic mass is 10.4. The molecule has 38 valence electrons. The molecule has 0 aromatic carbocycles. The van der Waals surface area contributed by atoms with Crippen LogP contribution >= 0.6 is 7.36 Å². The van der Waals surface area contributed by atoms with Crippen LogP contribution in [0.2, 0.25) is 0 Å². The number of hydrogen-bond donors (Lipinski definition) is 0. The maximum absolute atomic E-state index is 8.01. The summed E-state index contributed by atoms with van der Waals surface area (Å²) in [5.74, 6) is 0. The monoisotopic (exact) mass is 131 g/mol. The van der Waals surface area contributed by atoms with Crippen LogP contribution in [0, 0.1) is 11.3 Å². The Morgan fingerprint density at radius 1 is 1.71 bits per heavy atom. The highest BCUT2D eigenvalue weighted by Crippen LogP contribution is 1.96. The Bertz CT molecular complexity index is 86.2. The van der Waals surface area contributed by atoms with Gasteiger partial charge in [-0.25, -0.2) is 0 Å². The van der Waals surface area contributed by atoms with Gasteiger partial charge in [-0.2, -0.15) is 5.26 Å². The van der Waals surface area contributed by atoms with Crippen molar-refractivity contribution in [2.45, 2.75) is 12.8 Å². The zero-order valence-electron chi connectivity index (χ0n) is 3.92. The van der Waals surface area contributed by atoms with Crippen LogP contribution in [0.3, 0.4) is 0 Å². The minimum Gasteiger partial charge on any atom is -0.198 e. The van der Waals surface area contributed by atoms with E-state index in [0.717, 1.165) is 19.9 Å². The van der Waals surface area contributed by atoms with Crippen molar-refractivity contribution in [2.24, 2.45) is 0 Å². The first-order chi connectivity index (χ1) is 3.41. The van der Waals surface area contributed by atoms with E-state index in [2.05, 4.69) is 17.9 Å². The quantitative estimate of drug-likeness (QED) is 0.430. The van der Waals surface area contributed by atoms with Gasteiger partial charge in [0.15, 0.2) is 0 Å². The van der Waals surface area contributed by atoms with Gasteiger partial charge in [0.1, 0.15) is 0 Å². The van der Waals surface area contributed by atoms with Crippen molar-refractivity contribution < 1.29 is 0 Å². The molecule has 1 nitrogen and oxygen atoms in total. The van der Waals surface area contributed by atoms with Crippen LogP contribution in [0.5, 0.6) is 0 Å². The Morgan fingerprint density at radius 3 is 2.86 bits per heavy atom. The van der Waals surface area contributed by atoms with Crippen LogP contribution in [0.15, 0.2) is 0 Å². The van der Waals surface area contributed by atoms with E-state index in [0.29, 0.717) is 6.42 Å². The molecule has 0 radical (unpaired) electrons. The van der Waals surface area contributed by atoms with Gasteiger partial charge in [0.2, 0.25) is 0 Å². The number of rotatable bonds is 3. The molecule has 0 heterocycles. The van der Waals surface area contributed by atoms with Crippen LogP contribution in [-0.4, -0.2) is 6.16 Å². The van der Waals surface area contributed by atoms with Crippen molar-refractivity contribution in [3.8, 4) is 6.07 Å². The van der Waals surface area contributed by atoms with Gasteiger partial charge in [-0.1, -0.05) is 11.8 Å². The van der Waals surface area contributed by atoms with E-state index < -0.39 is 0 Å². The zero-order chi connectivity index (χ0) is 5.54. The molecule has 0 saturated carbocycles. The third-order valence-electron chi connectivity index (χ3n) is 0.538. The Kier molecular flexibility index (Phi) is 6.02. The molecule has 0 aromatic rings. The molecule has 7 heavy (non-hydrogen) atoms. The molecule has 3 heteroatoms. The fourth-order valence-electron chi connectivity index (χ4n) is 0.223. The van der Waals surface area contributed by atoms with Gasteiger partial charge in [0.25, 0.3) is 0 Å². The molecule has 0 aliphatic carbocycles. The molecule has 0 aliphatic heterocycles. The maximum Gasteiger partial charge on any atom is 0.0621 e. The molecule has 0 N–H and O–H groups in total. The summed E-state index contributed by atoms with van der Waals surface area (Å²) < 4.78 is 0. The molecule has 0 rings (SSSR count). The lowest BCUT2D eigenvalue weighted by molar-refractivity contribution is 0.982. The molecule has 0 aliphatic rings. The van der Waals surface area contributed by atoms with E-state index in [9.17, 15) is 0 Å². The maximum atomic E-state index is 8.01.